The van der Waals surface area contributed by atoms with Gasteiger partial charge in [-0.3, -0.25) is 0 Å². The van der Waals surface area contributed by atoms with E-state index in [0.29, 0.717) is 18.8 Å². The molecule has 0 aliphatic heterocycles. The lowest BCUT2D eigenvalue weighted by Gasteiger charge is -2.21. The van der Waals surface area contributed by atoms with Crippen molar-refractivity contribution < 1.29 is 19.0 Å². The van der Waals surface area contributed by atoms with E-state index >= 15 is 0 Å². The van der Waals surface area contributed by atoms with Crippen LogP contribution >= 0.6 is 0 Å². The van der Waals surface area contributed by atoms with Crippen LogP contribution in [0, 0.1) is 0 Å². The Hall–Kier alpha value is -4.05. The average molecular weight is 595 g/mol. The predicted molar refractivity (Wildman–Crippen MR) is 186 cm³/mol. The molecule has 0 unspecified atom stereocenters. The van der Waals surface area contributed by atoms with Crippen molar-refractivity contribution in [2.75, 3.05) is 20.3 Å². The Morgan fingerprint density at radius 3 is 1.64 bits per heavy atom. The van der Waals surface area contributed by atoms with Gasteiger partial charge in [-0.05, 0) is 83.5 Å². The third-order valence-corrected chi connectivity index (χ3v) is 7.45. The van der Waals surface area contributed by atoms with Gasteiger partial charge in [-0.2, -0.15) is 0 Å². The molecule has 0 radical (unpaired) electrons. The zero-order valence-corrected chi connectivity index (χ0v) is 28.0. The topological polar surface area (TPSA) is 44.8 Å². The summed E-state index contributed by atoms with van der Waals surface area (Å²) in [6.07, 6.45) is 11.1. The molecule has 0 bridgehead atoms. The van der Waals surface area contributed by atoms with Crippen LogP contribution in [-0.2, 0) is 20.4 Å². The van der Waals surface area contributed by atoms with E-state index in [1.807, 2.05) is 6.07 Å². The maximum absolute atomic E-state index is 11.5. The SMILES string of the molecule is C=C(C)C(=O)OCCCCCOc1ccc(C(C)(C)C)cc1/C=C/c1ccc(/C=C/c2cc(C(C)(C)C)ccc2OC)cc1. The quantitative estimate of drug-likeness (QED) is 0.0855. The van der Waals surface area contributed by atoms with Crippen molar-refractivity contribution >= 4 is 30.3 Å². The Labute approximate surface area is 265 Å². The van der Waals surface area contributed by atoms with Gasteiger partial charge in [0.05, 0.1) is 20.3 Å². The van der Waals surface area contributed by atoms with E-state index in [1.54, 1.807) is 14.0 Å². The van der Waals surface area contributed by atoms with E-state index in [-0.39, 0.29) is 16.8 Å². The summed E-state index contributed by atoms with van der Waals surface area (Å²) in [5.41, 5.74) is 7.44. The molecule has 0 aromatic heterocycles. The summed E-state index contributed by atoms with van der Waals surface area (Å²) in [5, 5.41) is 0. The van der Waals surface area contributed by atoms with Crippen LogP contribution in [-0.4, -0.2) is 26.3 Å². The summed E-state index contributed by atoms with van der Waals surface area (Å²) in [7, 11) is 1.71. The number of methoxy groups -OCH3 is 1. The Bertz CT molecular complexity index is 1460. The predicted octanol–water partition coefficient (Wildman–Crippen LogP) is 10.3. The molecule has 0 spiro atoms. The number of benzene rings is 3. The fourth-order valence-electron chi connectivity index (χ4n) is 4.55. The lowest BCUT2D eigenvalue weighted by molar-refractivity contribution is -0.139. The number of carbonyl (C=O) groups is 1. The second-order valence-corrected chi connectivity index (χ2v) is 13.4. The molecule has 0 N–H and O–H groups in total. The van der Waals surface area contributed by atoms with Crippen LogP contribution in [0.3, 0.4) is 0 Å². The highest BCUT2D eigenvalue weighted by atomic mass is 16.5. The van der Waals surface area contributed by atoms with Gasteiger partial charge in [0.1, 0.15) is 11.5 Å². The molecule has 0 amide bonds. The molecule has 0 saturated carbocycles. The van der Waals surface area contributed by atoms with Crippen LogP contribution in [0.4, 0.5) is 0 Å². The summed E-state index contributed by atoms with van der Waals surface area (Å²) in [6.45, 7) is 19.6. The molecule has 0 saturated heterocycles. The number of unbranched alkanes of at least 4 members (excludes halogenated alkanes) is 2. The lowest BCUT2D eigenvalue weighted by Crippen LogP contribution is -2.11. The molecule has 4 nitrogen and oxygen atoms in total. The van der Waals surface area contributed by atoms with E-state index in [1.165, 1.54) is 11.1 Å². The lowest BCUT2D eigenvalue weighted by atomic mass is 9.86. The number of rotatable bonds is 13. The number of hydrogen-bond donors (Lipinski definition) is 0. The van der Waals surface area contributed by atoms with E-state index < -0.39 is 0 Å². The minimum atomic E-state index is -0.328. The third-order valence-electron chi connectivity index (χ3n) is 7.45. The Kier molecular flexibility index (Phi) is 12.2. The van der Waals surface area contributed by atoms with Crippen LogP contribution in [0.5, 0.6) is 11.5 Å². The molecule has 234 valence electrons. The zero-order valence-electron chi connectivity index (χ0n) is 28.0. The Morgan fingerprint density at radius 2 is 1.16 bits per heavy atom. The van der Waals surface area contributed by atoms with Crippen LogP contribution < -0.4 is 9.47 Å². The highest BCUT2D eigenvalue weighted by Gasteiger charge is 2.16. The van der Waals surface area contributed by atoms with Crippen molar-refractivity contribution in [2.45, 2.75) is 78.6 Å². The van der Waals surface area contributed by atoms with Crippen LogP contribution in [0.2, 0.25) is 0 Å². The van der Waals surface area contributed by atoms with Gasteiger partial charge in [-0.15, -0.1) is 0 Å². The van der Waals surface area contributed by atoms with Crippen molar-refractivity contribution in [1.82, 2.24) is 0 Å². The van der Waals surface area contributed by atoms with Crippen LogP contribution in [0.25, 0.3) is 24.3 Å². The monoisotopic (exact) mass is 594 g/mol. The molecule has 0 fully saturated rings. The van der Waals surface area contributed by atoms with Crippen LogP contribution in [0.1, 0.15) is 101 Å². The molecular weight excluding hydrogens is 544 g/mol. The number of esters is 1. The average Bonchev–Trinajstić information content (AvgIpc) is 2.98. The summed E-state index contributed by atoms with van der Waals surface area (Å²) >= 11 is 0. The standard InChI is InChI=1S/C40H50O4/c1-29(2)38(41)44-26-12-10-11-25-43-37-24-22-35(40(6,7)8)28-33(37)20-18-31-15-13-30(14-16-31)17-19-32-27-34(39(3,4)5)21-23-36(32)42-9/h13-24,27-28H,1,10-12,25-26H2,2-9H3/b19-17+,20-18+. The third kappa shape index (κ3) is 10.6. The number of hydrogen-bond acceptors (Lipinski definition) is 4. The Morgan fingerprint density at radius 1 is 0.682 bits per heavy atom. The molecule has 0 aliphatic carbocycles. The molecule has 3 aromatic rings. The van der Waals surface area contributed by atoms with Crippen molar-refractivity contribution in [2.24, 2.45) is 0 Å². The fourth-order valence-corrected chi connectivity index (χ4v) is 4.55. The van der Waals surface area contributed by atoms with Gasteiger partial charge >= 0.3 is 5.97 Å². The molecule has 44 heavy (non-hydrogen) atoms. The number of ether oxygens (including phenoxy) is 3. The summed E-state index contributed by atoms with van der Waals surface area (Å²) < 4.78 is 17.0. The van der Waals surface area contributed by atoms with Crippen LogP contribution in [0.15, 0.2) is 72.8 Å². The molecule has 0 heterocycles. The zero-order chi connectivity index (χ0) is 32.3. The molecule has 0 aliphatic rings. The van der Waals surface area contributed by atoms with Crippen molar-refractivity contribution in [3.8, 4) is 11.5 Å². The van der Waals surface area contributed by atoms with Gasteiger partial charge in [0.25, 0.3) is 0 Å². The molecule has 3 aromatic carbocycles. The minimum Gasteiger partial charge on any atom is -0.496 e. The Balaban J connectivity index is 1.68. The van der Waals surface area contributed by atoms with E-state index in [4.69, 9.17) is 14.2 Å². The van der Waals surface area contributed by atoms with Gasteiger partial charge in [0.2, 0.25) is 0 Å². The van der Waals surface area contributed by atoms with Crippen molar-refractivity contribution in [3.63, 3.8) is 0 Å². The van der Waals surface area contributed by atoms with Gasteiger partial charge in [0, 0.05) is 16.7 Å². The largest absolute Gasteiger partial charge is 0.496 e. The number of carbonyl (C=O) groups excluding carboxylic acids is 1. The van der Waals surface area contributed by atoms with E-state index in [9.17, 15) is 4.79 Å². The van der Waals surface area contributed by atoms with E-state index in [0.717, 1.165) is 53.0 Å². The molecular formula is C40H50O4. The maximum Gasteiger partial charge on any atom is 0.333 e. The highest BCUT2D eigenvalue weighted by Crippen LogP contribution is 2.31. The first-order valence-corrected chi connectivity index (χ1v) is 15.5. The summed E-state index contributed by atoms with van der Waals surface area (Å²) in [5.74, 6) is 1.41. The summed E-state index contributed by atoms with van der Waals surface area (Å²) in [6, 6.07) is 21.4. The minimum absolute atomic E-state index is 0.0331. The maximum atomic E-state index is 11.5. The highest BCUT2D eigenvalue weighted by molar-refractivity contribution is 5.86. The van der Waals surface area contributed by atoms with Gasteiger partial charge < -0.3 is 14.2 Å². The normalized spacial score (nSPS) is 12.1. The van der Waals surface area contributed by atoms with Gasteiger partial charge in [0.15, 0.2) is 0 Å². The van der Waals surface area contributed by atoms with Crippen molar-refractivity contribution in [3.05, 3.63) is 106 Å². The van der Waals surface area contributed by atoms with Gasteiger partial charge in [-0.1, -0.05) is 109 Å². The first-order chi connectivity index (χ1) is 20.8. The molecule has 0 atom stereocenters. The second kappa shape index (κ2) is 15.6. The second-order valence-electron chi connectivity index (χ2n) is 13.4. The fraction of sp³-hybridized carbons (Fsp3) is 0.375. The molecule has 3 rings (SSSR count). The molecule has 4 heteroatoms. The summed E-state index contributed by atoms with van der Waals surface area (Å²) in [4.78, 5) is 11.5. The van der Waals surface area contributed by atoms with E-state index in [2.05, 4.69) is 127 Å². The van der Waals surface area contributed by atoms with Crippen molar-refractivity contribution in [1.29, 1.82) is 0 Å². The first-order valence-electron chi connectivity index (χ1n) is 15.5. The van der Waals surface area contributed by atoms with Gasteiger partial charge in [-0.25, -0.2) is 4.79 Å². The first kappa shape index (κ1) is 34.4. The smallest absolute Gasteiger partial charge is 0.333 e.